The zero-order chi connectivity index (χ0) is 30.0. The molecule has 14 heteroatoms. The van der Waals surface area contributed by atoms with Crippen molar-refractivity contribution in [3.63, 3.8) is 0 Å². The molecule has 0 saturated carbocycles. The Balaban J connectivity index is 2.22. The quantitative estimate of drug-likeness (QED) is 0.136. The highest BCUT2D eigenvalue weighted by atomic mass is 16.4. The lowest BCUT2D eigenvalue weighted by atomic mass is 10.0. The van der Waals surface area contributed by atoms with Gasteiger partial charge < -0.3 is 42.0 Å². The molecule has 2 rings (SSSR count). The van der Waals surface area contributed by atoms with Crippen LogP contribution in [0.1, 0.15) is 45.1 Å². The SMILES string of the molecule is CC(C)C(N)C(=O)NC(CCC(=O)O)C(=O)NC(CCC(=O)O)C(=O)NC(Cc1c[nH]c2ccccc12)C(=O)O. The summed E-state index contributed by atoms with van der Waals surface area (Å²) in [5.74, 6) is -6.75. The number of nitrogens with two attached hydrogens (primary N) is 1. The summed E-state index contributed by atoms with van der Waals surface area (Å²) < 4.78 is 0. The summed E-state index contributed by atoms with van der Waals surface area (Å²) in [4.78, 5) is 75.9. The summed E-state index contributed by atoms with van der Waals surface area (Å²) in [7, 11) is 0. The number of nitrogens with one attached hydrogen (secondary N) is 4. The van der Waals surface area contributed by atoms with Crippen molar-refractivity contribution < 1.29 is 44.1 Å². The first kappa shape index (κ1) is 31.8. The van der Waals surface area contributed by atoms with E-state index in [0.29, 0.717) is 5.56 Å². The van der Waals surface area contributed by atoms with Crippen LogP contribution >= 0.6 is 0 Å². The van der Waals surface area contributed by atoms with Gasteiger partial charge in [0.2, 0.25) is 17.7 Å². The minimum absolute atomic E-state index is 0.102. The van der Waals surface area contributed by atoms with Crippen molar-refractivity contribution >= 4 is 46.5 Å². The van der Waals surface area contributed by atoms with Crippen LogP contribution in [-0.4, -0.2) is 80.1 Å². The molecule has 2 aromatic rings. The average Bonchev–Trinajstić information content (AvgIpc) is 3.29. The van der Waals surface area contributed by atoms with Crippen LogP contribution < -0.4 is 21.7 Å². The van der Waals surface area contributed by atoms with E-state index in [1.165, 1.54) is 0 Å². The van der Waals surface area contributed by atoms with Gasteiger partial charge in [-0.2, -0.15) is 0 Å². The zero-order valence-electron chi connectivity index (χ0n) is 22.2. The normalized spacial score (nSPS) is 14.1. The molecule has 40 heavy (non-hydrogen) atoms. The molecule has 0 fully saturated rings. The van der Waals surface area contributed by atoms with Crippen LogP contribution in [0, 0.1) is 5.92 Å². The van der Waals surface area contributed by atoms with E-state index in [2.05, 4.69) is 20.9 Å². The summed E-state index contributed by atoms with van der Waals surface area (Å²) in [5.41, 5.74) is 7.21. The Morgan fingerprint density at radius 1 is 0.800 bits per heavy atom. The van der Waals surface area contributed by atoms with Crippen molar-refractivity contribution in [2.24, 2.45) is 11.7 Å². The number of fused-ring (bicyclic) bond motifs is 1. The summed E-state index contributed by atoms with van der Waals surface area (Å²) in [5, 5.41) is 35.8. The zero-order valence-corrected chi connectivity index (χ0v) is 22.2. The third kappa shape index (κ3) is 9.38. The molecule has 14 nitrogen and oxygen atoms in total. The summed E-state index contributed by atoms with van der Waals surface area (Å²) in [6, 6.07) is 1.88. The topological polar surface area (TPSA) is 241 Å². The van der Waals surface area contributed by atoms with Gasteiger partial charge in [-0.25, -0.2) is 4.79 Å². The number of hydrogen-bond acceptors (Lipinski definition) is 7. The Labute approximate surface area is 229 Å². The highest BCUT2D eigenvalue weighted by molar-refractivity contribution is 5.94. The number of carbonyl (C=O) groups is 6. The molecule has 0 aliphatic heterocycles. The first-order valence-corrected chi connectivity index (χ1v) is 12.7. The number of carboxylic acid groups (broad SMARTS) is 3. The van der Waals surface area contributed by atoms with Crippen LogP contribution in [-0.2, 0) is 35.2 Å². The van der Waals surface area contributed by atoms with Crippen molar-refractivity contribution in [2.45, 2.75) is 70.1 Å². The van der Waals surface area contributed by atoms with Gasteiger partial charge in [-0.1, -0.05) is 32.0 Å². The monoisotopic (exact) mass is 561 g/mol. The first-order chi connectivity index (χ1) is 18.8. The number of carboxylic acids is 3. The Morgan fingerprint density at radius 3 is 1.80 bits per heavy atom. The molecule has 0 aliphatic rings. The predicted molar refractivity (Wildman–Crippen MR) is 142 cm³/mol. The molecule has 0 bridgehead atoms. The number of aromatic amines is 1. The maximum Gasteiger partial charge on any atom is 0.326 e. The number of aliphatic carboxylic acids is 3. The third-order valence-corrected chi connectivity index (χ3v) is 6.29. The number of rotatable bonds is 16. The minimum atomic E-state index is -1.49. The standard InChI is InChI=1S/C26H35N5O9/c1-13(2)22(27)25(38)30-18(8-10-21(34)35)23(36)29-17(7-9-20(32)33)24(37)31-19(26(39)40)11-14-12-28-16-6-4-3-5-15(14)16/h3-6,12-13,17-19,22,28H,7-11,27H2,1-2H3,(H,29,36)(H,30,38)(H,31,37)(H,32,33)(H,34,35)(H,39,40). The van der Waals surface area contributed by atoms with Crippen LogP contribution in [0.2, 0.25) is 0 Å². The van der Waals surface area contributed by atoms with E-state index in [0.717, 1.165) is 10.9 Å². The van der Waals surface area contributed by atoms with Gasteiger partial charge in [0.25, 0.3) is 0 Å². The Bertz CT molecular complexity index is 1240. The summed E-state index contributed by atoms with van der Waals surface area (Å²) >= 11 is 0. The molecule has 4 unspecified atom stereocenters. The maximum absolute atomic E-state index is 13.1. The number of benzene rings is 1. The lowest BCUT2D eigenvalue weighted by Crippen LogP contribution is -2.57. The van der Waals surface area contributed by atoms with Gasteiger partial charge in [0.05, 0.1) is 6.04 Å². The highest BCUT2D eigenvalue weighted by Crippen LogP contribution is 2.19. The van der Waals surface area contributed by atoms with Gasteiger partial charge in [0.15, 0.2) is 0 Å². The highest BCUT2D eigenvalue weighted by Gasteiger charge is 2.31. The van der Waals surface area contributed by atoms with Crippen LogP contribution in [0.5, 0.6) is 0 Å². The molecule has 4 atom stereocenters. The Morgan fingerprint density at radius 2 is 1.30 bits per heavy atom. The lowest BCUT2D eigenvalue weighted by Gasteiger charge is -2.25. The van der Waals surface area contributed by atoms with E-state index >= 15 is 0 Å². The van der Waals surface area contributed by atoms with Crippen LogP contribution in [0.15, 0.2) is 30.5 Å². The predicted octanol–water partition coefficient (Wildman–Crippen LogP) is -0.0377. The van der Waals surface area contributed by atoms with Gasteiger partial charge in [-0.3, -0.25) is 24.0 Å². The molecule has 218 valence electrons. The number of para-hydroxylation sites is 1. The largest absolute Gasteiger partial charge is 0.481 e. The number of amides is 3. The first-order valence-electron chi connectivity index (χ1n) is 12.7. The van der Waals surface area contributed by atoms with Crippen molar-refractivity contribution in [3.8, 4) is 0 Å². The molecule has 0 spiro atoms. The van der Waals surface area contributed by atoms with Crippen molar-refractivity contribution in [1.82, 2.24) is 20.9 Å². The molecule has 1 heterocycles. The average molecular weight is 562 g/mol. The van der Waals surface area contributed by atoms with E-state index in [1.807, 2.05) is 0 Å². The molecule has 0 aliphatic carbocycles. The fourth-order valence-electron chi connectivity index (χ4n) is 3.91. The third-order valence-electron chi connectivity index (χ3n) is 6.29. The second kappa shape index (κ2) is 14.6. The molecule has 9 N–H and O–H groups in total. The smallest absolute Gasteiger partial charge is 0.326 e. The van der Waals surface area contributed by atoms with E-state index in [9.17, 15) is 33.9 Å². The van der Waals surface area contributed by atoms with Gasteiger partial charge in [0, 0.05) is 36.4 Å². The van der Waals surface area contributed by atoms with Crippen LogP contribution in [0.25, 0.3) is 10.9 Å². The fourth-order valence-corrected chi connectivity index (χ4v) is 3.91. The van der Waals surface area contributed by atoms with Crippen molar-refractivity contribution in [3.05, 3.63) is 36.0 Å². The van der Waals surface area contributed by atoms with E-state index < -0.39 is 79.1 Å². The second-order valence-corrected chi connectivity index (χ2v) is 9.72. The van der Waals surface area contributed by atoms with Gasteiger partial charge in [-0.05, 0) is 30.4 Å². The molecule has 0 radical (unpaired) electrons. The number of carbonyl (C=O) groups excluding carboxylic acids is 3. The molecule has 1 aromatic heterocycles. The molecular formula is C26H35N5O9. The van der Waals surface area contributed by atoms with E-state index in [-0.39, 0.29) is 18.8 Å². The minimum Gasteiger partial charge on any atom is -0.481 e. The van der Waals surface area contributed by atoms with Crippen molar-refractivity contribution in [2.75, 3.05) is 0 Å². The maximum atomic E-state index is 13.1. The number of aromatic nitrogens is 1. The molecule has 3 amide bonds. The molecule has 1 aromatic carbocycles. The van der Waals surface area contributed by atoms with Crippen LogP contribution in [0.3, 0.4) is 0 Å². The van der Waals surface area contributed by atoms with Gasteiger partial charge in [-0.15, -0.1) is 0 Å². The van der Waals surface area contributed by atoms with Gasteiger partial charge >= 0.3 is 17.9 Å². The van der Waals surface area contributed by atoms with Crippen molar-refractivity contribution in [1.29, 1.82) is 0 Å². The van der Waals surface area contributed by atoms with Gasteiger partial charge in [0.1, 0.15) is 18.1 Å². The second-order valence-electron chi connectivity index (χ2n) is 9.72. The fraction of sp³-hybridized carbons (Fsp3) is 0.462. The van der Waals surface area contributed by atoms with Crippen LogP contribution in [0.4, 0.5) is 0 Å². The molecule has 0 saturated heterocycles. The lowest BCUT2D eigenvalue weighted by molar-refractivity contribution is -0.143. The number of H-pyrrole nitrogens is 1. The van der Waals surface area contributed by atoms with E-state index in [1.54, 1.807) is 44.3 Å². The Kier molecular flexibility index (Phi) is 11.6. The summed E-state index contributed by atoms with van der Waals surface area (Å²) in [6.45, 7) is 3.36. The summed E-state index contributed by atoms with van der Waals surface area (Å²) in [6.07, 6.45) is -0.236. The number of hydrogen-bond donors (Lipinski definition) is 8. The van der Waals surface area contributed by atoms with E-state index in [4.69, 9.17) is 15.9 Å². The Hall–Kier alpha value is -4.46. The molecular weight excluding hydrogens is 526 g/mol.